The maximum Gasteiger partial charge on any atom is 0.163 e. The highest BCUT2D eigenvalue weighted by atomic mass is 16.5. The normalized spacial score (nSPS) is 12.7. The number of aromatic nitrogens is 4. The van der Waals surface area contributed by atoms with E-state index >= 15 is 0 Å². The Morgan fingerprint density at radius 1 is 1.39 bits per heavy atom. The van der Waals surface area contributed by atoms with Gasteiger partial charge >= 0.3 is 0 Å². The van der Waals surface area contributed by atoms with Crippen LogP contribution in [0.25, 0.3) is 0 Å². The van der Waals surface area contributed by atoms with Crippen LogP contribution in [0, 0.1) is 0 Å². The van der Waals surface area contributed by atoms with Gasteiger partial charge in [-0.2, -0.15) is 10.2 Å². The van der Waals surface area contributed by atoms with Crippen LogP contribution in [0.15, 0.2) is 18.6 Å². The minimum absolute atomic E-state index is 0.597. The van der Waals surface area contributed by atoms with Gasteiger partial charge in [-0.15, -0.1) is 0 Å². The molecule has 1 atom stereocenters. The predicted octanol–water partition coefficient (Wildman–Crippen LogP) is 1.12. The lowest BCUT2D eigenvalue weighted by Crippen LogP contribution is -2.10. The van der Waals surface area contributed by atoms with Crippen molar-refractivity contribution >= 4 is 0 Å². The average Bonchev–Trinajstić information content (AvgIpc) is 2.95. The first kappa shape index (κ1) is 12.6. The van der Waals surface area contributed by atoms with E-state index in [0.717, 1.165) is 18.5 Å². The van der Waals surface area contributed by atoms with Gasteiger partial charge in [0.05, 0.1) is 19.5 Å². The van der Waals surface area contributed by atoms with Crippen LogP contribution in [-0.2, 0) is 13.6 Å². The zero-order valence-corrected chi connectivity index (χ0v) is 10.9. The SMILES string of the molecule is CCCn1ncc(OC)c1C(O)c1cnn(C)c1. The summed E-state index contributed by atoms with van der Waals surface area (Å²) in [6.45, 7) is 2.81. The molecule has 1 N–H and O–H groups in total. The number of aryl methyl sites for hydroxylation is 2. The van der Waals surface area contributed by atoms with Crippen LogP contribution in [0.1, 0.15) is 30.7 Å². The lowest BCUT2D eigenvalue weighted by molar-refractivity contribution is 0.202. The Bertz CT molecular complexity index is 518. The van der Waals surface area contributed by atoms with Crippen molar-refractivity contribution in [2.45, 2.75) is 26.0 Å². The van der Waals surface area contributed by atoms with Crippen molar-refractivity contribution in [1.29, 1.82) is 0 Å². The lowest BCUT2D eigenvalue weighted by atomic mass is 10.1. The van der Waals surface area contributed by atoms with Gasteiger partial charge < -0.3 is 9.84 Å². The summed E-state index contributed by atoms with van der Waals surface area (Å²) in [5.74, 6) is 0.597. The molecule has 2 aromatic rings. The topological polar surface area (TPSA) is 65.1 Å². The number of rotatable bonds is 5. The second-order valence-electron chi connectivity index (χ2n) is 4.17. The maximum atomic E-state index is 10.4. The maximum absolute atomic E-state index is 10.4. The van der Waals surface area contributed by atoms with Gasteiger partial charge in [-0.3, -0.25) is 9.36 Å². The molecule has 2 heterocycles. The Labute approximate surface area is 106 Å². The van der Waals surface area contributed by atoms with E-state index < -0.39 is 6.10 Å². The summed E-state index contributed by atoms with van der Waals surface area (Å²) < 4.78 is 8.68. The van der Waals surface area contributed by atoms with Gasteiger partial charge in [-0.25, -0.2) is 0 Å². The van der Waals surface area contributed by atoms with Crippen LogP contribution in [0.3, 0.4) is 0 Å². The first-order chi connectivity index (χ1) is 8.67. The molecule has 0 saturated carbocycles. The smallest absolute Gasteiger partial charge is 0.163 e. The molecule has 1 unspecified atom stereocenters. The molecule has 0 fully saturated rings. The van der Waals surface area contributed by atoms with Gasteiger partial charge in [-0.05, 0) is 6.42 Å². The largest absolute Gasteiger partial charge is 0.493 e. The third kappa shape index (κ3) is 2.24. The Morgan fingerprint density at radius 2 is 2.17 bits per heavy atom. The highest BCUT2D eigenvalue weighted by molar-refractivity contribution is 5.33. The zero-order valence-electron chi connectivity index (χ0n) is 10.9. The predicted molar refractivity (Wildman–Crippen MR) is 66.3 cm³/mol. The van der Waals surface area contributed by atoms with Crippen molar-refractivity contribution in [3.63, 3.8) is 0 Å². The van der Waals surface area contributed by atoms with Crippen LogP contribution in [-0.4, -0.2) is 31.8 Å². The number of aliphatic hydroxyl groups is 1. The number of hydrogen-bond donors (Lipinski definition) is 1. The molecule has 0 aliphatic carbocycles. The van der Waals surface area contributed by atoms with Gasteiger partial charge in [0.25, 0.3) is 0 Å². The van der Waals surface area contributed by atoms with Crippen LogP contribution in [0.5, 0.6) is 5.75 Å². The minimum atomic E-state index is -0.775. The summed E-state index contributed by atoms with van der Waals surface area (Å²) in [5, 5.41) is 18.7. The fraction of sp³-hybridized carbons (Fsp3) is 0.500. The molecule has 2 rings (SSSR count). The van der Waals surface area contributed by atoms with Crippen LogP contribution < -0.4 is 4.74 Å². The molecule has 0 aliphatic heterocycles. The first-order valence-corrected chi connectivity index (χ1v) is 5.93. The summed E-state index contributed by atoms with van der Waals surface area (Å²) in [7, 11) is 3.39. The zero-order chi connectivity index (χ0) is 13.1. The van der Waals surface area contributed by atoms with Crippen molar-refractivity contribution in [2.24, 2.45) is 7.05 Å². The first-order valence-electron chi connectivity index (χ1n) is 5.93. The molecule has 18 heavy (non-hydrogen) atoms. The second-order valence-corrected chi connectivity index (χ2v) is 4.17. The molecule has 2 aromatic heterocycles. The van der Waals surface area contributed by atoms with E-state index in [1.165, 1.54) is 0 Å². The Kier molecular flexibility index (Phi) is 3.66. The monoisotopic (exact) mass is 250 g/mol. The minimum Gasteiger partial charge on any atom is -0.493 e. The molecule has 0 bridgehead atoms. The van der Waals surface area contributed by atoms with Crippen molar-refractivity contribution in [3.8, 4) is 5.75 Å². The van der Waals surface area contributed by atoms with Crippen LogP contribution in [0.4, 0.5) is 0 Å². The third-order valence-corrected chi connectivity index (χ3v) is 2.80. The van der Waals surface area contributed by atoms with Gasteiger partial charge in [0.2, 0.25) is 0 Å². The summed E-state index contributed by atoms with van der Waals surface area (Å²) in [4.78, 5) is 0. The molecule has 98 valence electrons. The van der Waals surface area contributed by atoms with Crippen molar-refractivity contribution < 1.29 is 9.84 Å². The Hall–Kier alpha value is -1.82. The molecular weight excluding hydrogens is 232 g/mol. The van der Waals surface area contributed by atoms with Gasteiger partial charge in [0.1, 0.15) is 11.8 Å². The van der Waals surface area contributed by atoms with Crippen molar-refractivity contribution in [3.05, 3.63) is 29.8 Å². The number of methoxy groups -OCH3 is 1. The van der Waals surface area contributed by atoms with E-state index in [2.05, 4.69) is 17.1 Å². The highest BCUT2D eigenvalue weighted by Gasteiger charge is 2.22. The molecule has 0 amide bonds. The number of nitrogens with zero attached hydrogens (tertiary/aromatic N) is 4. The molecule has 0 spiro atoms. The molecule has 0 radical (unpaired) electrons. The molecule has 0 aromatic carbocycles. The third-order valence-electron chi connectivity index (χ3n) is 2.80. The van der Waals surface area contributed by atoms with Gasteiger partial charge in [0.15, 0.2) is 5.75 Å². The van der Waals surface area contributed by atoms with E-state index in [9.17, 15) is 5.11 Å². The molecule has 0 aliphatic rings. The van der Waals surface area contributed by atoms with Crippen LogP contribution in [0.2, 0.25) is 0 Å². The van der Waals surface area contributed by atoms with E-state index in [4.69, 9.17) is 4.74 Å². The van der Waals surface area contributed by atoms with E-state index in [1.807, 2.05) is 7.05 Å². The summed E-state index contributed by atoms with van der Waals surface area (Å²) in [6, 6.07) is 0. The van der Waals surface area contributed by atoms with Gasteiger partial charge in [-0.1, -0.05) is 6.92 Å². The van der Waals surface area contributed by atoms with E-state index in [0.29, 0.717) is 11.4 Å². The Balaban J connectivity index is 2.38. The standard InChI is InChI=1S/C12H18N4O2/c1-4-5-16-11(10(18-3)7-14-16)12(17)9-6-13-15(2)8-9/h6-8,12,17H,4-5H2,1-3H3. The molecular formula is C12H18N4O2. The summed E-state index contributed by atoms with van der Waals surface area (Å²) >= 11 is 0. The van der Waals surface area contributed by atoms with Gasteiger partial charge in [0, 0.05) is 25.4 Å². The summed E-state index contributed by atoms with van der Waals surface area (Å²) in [6.07, 6.45) is 5.23. The Morgan fingerprint density at radius 3 is 2.72 bits per heavy atom. The molecule has 6 heteroatoms. The fourth-order valence-corrected chi connectivity index (χ4v) is 1.94. The van der Waals surface area contributed by atoms with Crippen molar-refractivity contribution in [2.75, 3.05) is 7.11 Å². The number of hydrogen-bond acceptors (Lipinski definition) is 4. The van der Waals surface area contributed by atoms with E-state index in [1.54, 1.807) is 35.1 Å². The lowest BCUT2D eigenvalue weighted by Gasteiger charge is -2.13. The van der Waals surface area contributed by atoms with Crippen molar-refractivity contribution in [1.82, 2.24) is 19.6 Å². The number of aliphatic hydroxyl groups excluding tert-OH is 1. The number of ether oxygens (including phenoxy) is 1. The molecule has 0 saturated heterocycles. The second kappa shape index (κ2) is 5.22. The fourth-order valence-electron chi connectivity index (χ4n) is 1.94. The molecule has 6 nitrogen and oxygen atoms in total. The highest BCUT2D eigenvalue weighted by Crippen LogP contribution is 2.29. The van der Waals surface area contributed by atoms with E-state index in [-0.39, 0.29) is 0 Å². The van der Waals surface area contributed by atoms with Crippen LogP contribution >= 0.6 is 0 Å². The average molecular weight is 250 g/mol. The quantitative estimate of drug-likeness (QED) is 0.863. The summed E-state index contributed by atoms with van der Waals surface area (Å²) in [5.41, 5.74) is 1.40.